The minimum atomic E-state index is 0.494. The van der Waals surface area contributed by atoms with E-state index in [1.165, 1.54) is 71.2 Å². The first-order valence-electron chi connectivity index (χ1n) is 8.47. The van der Waals surface area contributed by atoms with Gasteiger partial charge in [-0.2, -0.15) is 0 Å². The minimum absolute atomic E-state index is 0.494. The van der Waals surface area contributed by atoms with Crippen LogP contribution in [0.1, 0.15) is 66.2 Å². The van der Waals surface area contributed by atoms with Crippen LogP contribution in [0.25, 0.3) is 0 Å². The maximum Gasteiger partial charge on any atom is 0.0107 e. The molecule has 0 aromatic rings. The lowest BCUT2D eigenvalue weighted by atomic mass is 9.77. The van der Waals surface area contributed by atoms with Crippen LogP contribution >= 0.6 is 0 Å². The molecule has 0 spiro atoms. The molecule has 1 saturated heterocycles. The highest BCUT2D eigenvalue weighted by Crippen LogP contribution is 2.34. The molecule has 1 aliphatic heterocycles. The van der Waals surface area contributed by atoms with Crippen molar-refractivity contribution in [3.05, 3.63) is 0 Å². The number of hydrogen-bond acceptors (Lipinski definition) is 2. The molecule has 19 heavy (non-hydrogen) atoms. The SMILES string of the molecule is CCCCCNCCN1CCCC(C(C)(C)C)CC1. The van der Waals surface area contributed by atoms with Gasteiger partial charge in [-0.25, -0.2) is 0 Å². The van der Waals surface area contributed by atoms with Gasteiger partial charge < -0.3 is 10.2 Å². The van der Waals surface area contributed by atoms with Crippen LogP contribution in [-0.4, -0.2) is 37.6 Å². The molecule has 0 amide bonds. The van der Waals surface area contributed by atoms with E-state index in [4.69, 9.17) is 0 Å². The van der Waals surface area contributed by atoms with Crippen molar-refractivity contribution < 1.29 is 0 Å². The Labute approximate surface area is 121 Å². The summed E-state index contributed by atoms with van der Waals surface area (Å²) in [5.41, 5.74) is 0.494. The second kappa shape index (κ2) is 8.97. The molecule has 0 radical (unpaired) electrons. The molecule has 1 unspecified atom stereocenters. The maximum atomic E-state index is 3.59. The second-order valence-corrected chi connectivity index (χ2v) is 7.29. The molecule has 1 heterocycles. The highest BCUT2D eigenvalue weighted by Gasteiger charge is 2.26. The molecule has 1 atom stereocenters. The molecule has 0 aromatic heterocycles. The molecule has 1 aliphatic rings. The fourth-order valence-electron chi connectivity index (χ4n) is 3.11. The lowest BCUT2D eigenvalue weighted by Gasteiger charge is -2.29. The first-order valence-corrected chi connectivity index (χ1v) is 8.47. The summed E-state index contributed by atoms with van der Waals surface area (Å²) in [6, 6.07) is 0. The van der Waals surface area contributed by atoms with E-state index in [2.05, 4.69) is 37.9 Å². The molecule has 0 saturated carbocycles. The molecule has 2 heteroatoms. The highest BCUT2D eigenvalue weighted by molar-refractivity contribution is 4.78. The molecule has 1 rings (SSSR count). The Kier molecular flexibility index (Phi) is 8.01. The Bertz CT molecular complexity index is 220. The van der Waals surface area contributed by atoms with Gasteiger partial charge in [0.15, 0.2) is 0 Å². The third-order valence-corrected chi connectivity index (χ3v) is 4.61. The zero-order valence-corrected chi connectivity index (χ0v) is 13.8. The fourth-order valence-corrected chi connectivity index (χ4v) is 3.11. The number of hydrogen-bond donors (Lipinski definition) is 1. The third kappa shape index (κ3) is 7.31. The quantitative estimate of drug-likeness (QED) is 0.704. The molecular weight excluding hydrogens is 232 g/mol. The van der Waals surface area contributed by atoms with E-state index in [0.29, 0.717) is 5.41 Å². The Morgan fingerprint density at radius 2 is 1.84 bits per heavy atom. The van der Waals surface area contributed by atoms with E-state index in [9.17, 15) is 0 Å². The normalized spacial score (nSPS) is 22.4. The van der Waals surface area contributed by atoms with E-state index in [1.54, 1.807) is 0 Å². The number of nitrogens with one attached hydrogen (secondary N) is 1. The summed E-state index contributed by atoms with van der Waals surface area (Å²) in [5, 5.41) is 3.59. The summed E-state index contributed by atoms with van der Waals surface area (Å²) in [6.07, 6.45) is 8.22. The average Bonchev–Trinajstić information content (AvgIpc) is 2.58. The topological polar surface area (TPSA) is 15.3 Å². The Morgan fingerprint density at radius 3 is 2.53 bits per heavy atom. The van der Waals surface area contributed by atoms with Crippen LogP contribution in [0.4, 0.5) is 0 Å². The van der Waals surface area contributed by atoms with E-state index < -0.39 is 0 Å². The van der Waals surface area contributed by atoms with Gasteiger partial charge in [-0.1, -0.05) is 40.5 Å². The van der Waals surface area contributed by atoms with Gasteiger partial charge in [0.05, 0.1) is 0 Å². The van der Waals surface area contributed by atoms with Crippen LogP contribution < -0.4 is 5.32 Å². The van der Waals surface area contributed by atoms with Gasteiger partial charge in [0, 0.05) is 13.1 Å². The number of rotatable bonds is 7. The van der Waals surface area contributed by atoms with Crippen molar-refractivity contribution in [2.45, 2.75) is 66.2 Å². The maximum absolute atomic E-state index is 3.59. The van der Waals surface area contributed by atoms with Crippen LogP contribution in [0, 0.1) is 11.3 Å². The lowest BCUT2D eigenvalue weighted by Crippen LogP contribution is -2.33. The number of unbranched alkanes of at least 4 members (excludes halogenated alkanes) is 2. The summed E-state index contributed by atoms with van der Waals surface area (Å²) >= 11 is 0. The van der Waals surface area contributed by atoms with Gasteiger partial charge in [-0.15, -0.1) is 0 Å². The predicted molar refractivity (Wildman–Crippen MR) is 85.6 cm³/mol. The molecule has 0 bridgehead atoms. The van der Waals surface area contributed by atoms with Crippen molar-refractivity contribution in [3.8, 4) is 0 Å². The van der Waals surface area contributed by atoms with Crippen LogP contribution in [0.3, 0.4) is 0 Å². The van der Waals surface area contributed by atoms with Crippen molar-refractivity contribution in [1.29, 1.82) is 0 Å². The summed E-state index contributed by atoms with van der Waals surface area (Å²) in [5.74, 6) is 0.912. The smallest absolute Gasteiger partial charge is 0.0107 e. The zero-order chi connectivity index (χ0) is 14.1. The van der Waals surface area contributed by atoms with Crippen LogP contribution in [0.15, 0.2) is 0 Å². The Morgan fingerprint density at radius 1 is 1.05 bits per heavy atom. The first-order chi connectivity index (χ1) is 9.04. The summed E-state index contributed by atoms with van der Waals surface area (Å²) in [4.78, 5) is 2.67. The van der Waals surface area contributed by atoms with Crippen molar-refractivity contribution in [2.75, 3.05) is 32.7 Å². The van der Waals surface area contributed by atoms with E-state index in [0.717, 1.165) is 5.92 Å². The van der Waals surface area contributed by atoms with Crippen molar-refractivity contribution >= 4 is 0 Å². The summed E-state index contributed by atoms with van der Waals surface area (Å²) < 4.78 is 0. The number of likely N-dealkylation sites (tertiary alicyclic amines) is 1. The lowest BCUT2D eigenvalue weighted by molar-refractivity contribution is 0.208. The molecular formula is C17H36N2. The van der Waals surface area contributed by atoms with Gasteiger partial charge in [0.25, 0.3) is 0 Å². The van der Waals surface area contributed by atoms with E-state index >= 15 is 0 Å². The predicted octanol–water partition coefficient (Wildman–Crippen LogP) is 3.91. The zero-order valence-electron chi connectivity index (χ0n) is 13.8. The Balaban J connectivity index is 2.12. The van der Waals surface area contributed by atoms with E-state index in [1.807, 2.05) is 0 Å². The molecule has 2 nitrogen and oxygen atoms in total. The third-order valence-electron chi connectivity index (χ3n) is 4.61. The summed E-state index contributed by atoms with van der Waals surface area (Å²) in [6.45, 7) is 15.7. The van der Waals surface area contributed by atoms with Crippen LogP contribution in [0.2, 0.25) is 0 Å². The first kappa shape index (κ1) is 17.0. The molecule has 1 N–H and O–H groups in total. The van der Waals surface area contributed by atoms with Gasteiger partial charge in [0.2, 0.25) is 0 Å². The van der Waals surface area contributed by atoms with Gasteiger partial charge >= 0.3 is 0 Å². The summed E-state index contributed by atoms with van der Waals surface area (Å²) in [7, 11) is 0. The number of nitrogens with zero attached hydrogens (tertiary/aromatic N) is 1. The van der Waals surface area contributed by atoms with Gasteiger partial charge in [0.1, 0.15) is 0 Å². The van der Waals surface area contributed by atoms with Crippen molar-refractivity contribution in [3.63, 3.8) is 0 Å². The monoisotopic (exact) mass is 268 g/mol. The fraction of sp³-hybridized carbons (Fsp3) is 1.00. The van der Waals surface area contributed by atoms with Gasteiger partial charge in [-0.05, 0) is 56.7 Å². The largest absolute Gasteiger partial charge is 0.315 e. The molecule has 114 valence electrons. The second-order valence-electron chi connectivity index (χ2n) is 7.29. The van der Waals surface area contributed by atoms with Crippen molar-refractivity contribution in [2.24, 2.45) is 11.3 Å². The highest BCUT2D eigenvalue weighted by atomic mass is 15.1. The molecule has 0 aromatic carbocycles. The standard InChI is InChI=1S/C17H36N2/c1-5-6-7-11-18-12-15-19-13-8-9-16(10-14-19)17(2,3)4/h16,18H,5-15H2,1-4H3. The molecule has 1 fully saturated rings. The Hall–Kier alpha value is -0.0800. The molecule has 0 aliphatic carbocycles. The minimum Gasteiger partial charge on any atom is -0.315 e. The average molecular weight is 268 g/mol. The van der Waals surface area contributed by atoms with Crippen LogP contribution in [0.5, 0.6) is 0 Å². The van der Waals surface area contributed by atoms with Gasteiger partial charge in [-0.3, -0.25) is 0 Å². The van der Waals surface area contributed by atoms with Crippen molar-refractivity contribution in [1.82, 2.24) is 10.2 Å². The van der Waals surface area contributed by atoms with Crippen LogP contribution in [-0.2, 0) is 0 Å². The van der Waals surface area contributed by atoms with E-state index in [-0.39, 0.29) is 0 Å².